The molecule has 2 aromatic rings. The lowest BCUT2D eigenvalue weighted by Crippen LogP contribution is -2.39. The molecule has 2 rings (SSSR count). The van der Waals surface area contributed by atoms with Gasteiger partial charge >= 0.3 is 0 Å². The van der Waals surface area contributed by atoms with Gasteiger partial charge in [0, 0.05) is 25.0 Å². The summed E-state index contributed by atoms with van der Waals surface area (Å²) in [4.78, 5) is 5.65. The molecule has 0 atom stereocenters. The molecule has 132 valence electrons. The van der Waals surface area contributed by atoms with Crippen LogP contribution in [-0.4, -0.2) is 33.2 Å². The number of nitrogens with zero attached hydrogens (tertiary/aromatic N) is 1. The second kappa shape index (κ2) is 11.3. The van der Waals surface area contributed by atoms with Crippen LogP contribution < -0.4 is 15.4 Å². The molecule has 0 fully saturated rings. The van der Waals surface area contributed by atoms with Crippen molar-refractivity contribution in [3.63, 3.8) is 0 Å². The molecule has 24 heavy (non-hydrogen) atoms. The summed E-state index contributed by atoms with van der Waals surface area (Å²) in [6.45, 7) is 3.80. The number of rotatable bonds is 7. The van der Waals surface area contributed by atoms with E-state index in [2.05, 4.69) is 52.2 Å². The molecule has 0 unspecified atom stereocenters. The van der Waals surface area contributed by atoms with Gasteiger partial charge in [0.25, 0.3) is 0 Å². The van der Waals surface area contributed by atoms with Crippen molar-refractivity contribution in [3.8, 4) is 5.75 Å². The molecule has 1 aromatic heterocycles. The van der Waals surface area contributed by atoms with Crippen LogP contribution in [-0.2, 0) is 12.8 Å². The predicted molar refractivity (Wildman–Crippen MR) is 114 cm³/mol. The molecule has 0 aliphatic carbocycles. The highest BCUT2D eigenvalue weighted by atomic mass is 127. The Labute approximate surface area is 165 Å². The SMILES string of the molecule is CN=C(NCCc1cccs1)NCCc1cc(C)ccc1OC.I. The highest BCUT2D eigenvalue weighted by Gasteiger charge is 2.04. The molecular weight excluding hydrogens is 433 g/mol. The van der Waals surface area contributed by atoms with Crippen LogP contribution in [0.25, 0.3) is 0 Å². The lowest BCUT2D eigenvalue weighted by atomic mass is 10.1. The molecule has 4 nitrogen and oxygen atoms in total. The molecule has 0 aliphatic heterocycles. The largest absolute Gasteiger partial charge is 0.496 e. The molecule has 0 bridgehead atoms. The molecule has 6 heteroatoms. The van der Waals surface area contributed by atoms with Crippen LogP contribution in [0.1, 0.15) is 16.0 Å². The van der Waals surface area contributed by atoms with E-state index in [-0.39, 0.29) is 24.0 Å². The van der Waals surface area contributed by atoms with Gasteiger partial charge in [-0.1, -0.05) is 23.8 Å². The summed E-state index contributed by atoms with van der Waals surface area (Å²) in [7, 11) is 3.51. The number of hydrogen-bond donors (Lipinski definition) is 2. The van der Waals surface area contributed by atoms with Crippen LogP contribution in [0.3, 0.4) is 0 Å². The van der Waals surface area contributed by atoms with Crippen LogP contribution in [0.5, 0.6) is 5.75 Å². The number of thiophene rings is 1. The Hall–Kier alpha value is -1.28. The summed E-state index contributed by atoms with van der Waals surface area (Å²) >= 11 is 1.79. The van der Waals surface area contributed by atoms with Gasteiger partial charge in [0.05, 0.1) is 7.11 Å². The Morgan fingerprint density at radius 1 is 1.17 bits per heavy atom. The van der Waals surface area contributed by atoms with Crippen molar-refractivity contribution >= 4 is 41.3 Å². The average molecular weight is 459 g/mol. The maximum absolute atomic E-state index is 5.42. The maximum atomic E-state index is 5.42. The summed E-state index contributed by atoms with van der Waals surface area (Å²) in [5, 5.41) is 8.81. The van der Waals surface area contributed by atoms with E-state index in [1.807, 2.05) is 6.07 Å². The first-order valence-corrected chi connectivity index (χ1v) is 8.71. The van der Waals surface area contributed by atoms with E-state index in [0.717, 1.165) is 37.6 Å². The van der Waals surface area contributed by atoms with Gasteiger partial charge in [-0.25, -0.2) is 0 Å². The fourth-order valence-electron chi connectivity index (χ4n) is 2.40. The lowest BCUT2D eigenvalue weighted by Gasteiger charge is -2.13. The maximum Gasteiger partial charge on any atom is 0.190 e. The van der Waals surface area contributed by atoms with E-state index in [1.54, 1.807) is 25.5 Å². The number of methoxy groups -OCH3 is 1. The zero-order valence-corrected chi connectivity index (χ0v) is 17.6. The minimum absolute atomic E-state index is 0. The minimum atomic E-state index is 0. The van der Waals surface area contributed by atoms with Crippen molar-refractivity contribution in [1.82, 2.24) is 10.6 Å². The van der Waals surface area contributed by atoms with Gasteiger partial charge in [0.2, 0.25) is 0 Å². The summed E-state index contributed by atoms with van der Waals surface area (Å²) in [5.74, 6) is 1.78. The molecule has 0 saturated carbocycles. The lowest BCUT2D eigenvalue weighted by molar-refractivity contribution is 0.409. The minimum Gasteiger partial charge on any atom is -0.496 e. The third kappa shape index (κ3) is 6.68. The van der Waals surface area contributed by atoms with E-state index in [0.29, 0.717) is 0 Å². The molecule has 2 N–H and O–H groups in total. The standard InChI is InChI=1S/C18H25N3OS.HI/c1-14-6-7-17(22-3)15(13-14)8-10-20-18(19-2)21-11-9-16-5-4-12-23-16;/h4-7,12-13H,8-11H2,1-3H3,(H2,19,20,21);1H. The number of halogens is 1. The van der Waals surface area contributed by atoms with E-state index >= 15 is 0 Å². The van der Waals surface area contributed by atoms with E-state index in [1.165, 1.54) is 16.0 Å². The second-order valence-corrected chi connectivity index (χ2v) is 6.35. The molecule has 0 spiro atoms. The molecular formula is C18H26IN3OS. The van der Waals surface area contributed by atoms with Crippen LogP contribution in [0.2, 0.25) is 0 Å². The Kier molecular flexibility index (Phi) is 9.78. The van der Waals surface area contributed by atoms with Crippen molar-refractivity contribution in [2.75, 3.05) is 27.2 Å². The van der Waals surface area contributed by atoms with Gasteiger partial charge in [-0.05, 0) is 42.8 Å². The Bertz CT molecular complexity index is 629. The molecule has 1 aromatic carbocycles. The first-order chi connectivity index (χ1) is 11.2. The first kappa shape index (κ1) is 20.8. The molecule has 0 saturated heterocycles. The second-order valence-electron chi connectivity index (χ2n) is 5.32. The number of benzene rings is 1. The molecule has 1 heterocycles. The van der Waals surface area contributed by atoms with Crippen LogP contribution in [0, 0.1) is 6.92 Å². The number of ether oxygens (including phenoxy) is 1. The summed E-state index contributed by atoms with van der Waals surface area (Å²) in [6, 6.07) is 10.5. The highest BCUT2D eigenvalue weighted by molar-refractivity contribution is 14.0. The van der Waals surface area contributed by atoms with Crippen molar-refractivity contribution in [1.29, 1.82) is 0 Å². The quantitative estimate of drug-likeness (QED) is 0.378. The van der Waals surface area contributed by atoms with Crippen LogP contribution in [0.15, 0.2) is 40.7 Å². The summed E-state index contributed by atoms with van der Waals surface area (Å²) in [6.07, 6.45) is 1.92. The topological polar surface area (TPSA) is 45.7 Å². The summed E-state index contributed by atoms with van der Waals surface area (Å²) in [5.41, 5.74) is 2.47. The Morgan fingerprint density at radius 3 is 2.54 bits per heavy atom. The number of aryl methyl sites for hydroxylation is 1. The van der Waals surface area contributed by atoms with Gasteiger partial charge in [-0.2, -0.15) is 0 Å². The predicted octanol–water partition coefficient (Wildman–Crippen LogP) is 3.63. The third-order valence-electron chi connectivity index (χ3n) is 3.59. The fourth-order valence-corrected chi connectivity index (χ4v) is 3.11. The number of nitrogens with one attached hydrogen (secondary N) is 2. The number of hydrogen-bond acceptors (Lipinski definition) is 3. The third-order valence-corrected chi connectivity index (χ3v) is 4.53. The van der Waals surface area contributed by atoms with Crippen molar-refractivity contribution in [2.45, 2.75) is 19.8 Å². The highest BCUT2D eigenvalue weighted by Crippen LogP contribution is 2.19. The summed E-state index contributed by atoms with van der Waals surface area (Å²) < 4.78 is 5.42. The van der Waals surface area contributed by atoms with Crippen molar-refractivity contribution < 1.29 is 4.74 Å². The number of guanidine groups is 1. The Morgan fingerprint density at radius 2 is 1.92 bits per heavy atom. The first-order valence-electron chi connectivity index (χ1n) is 7.83. The van der Waals surface area contributed by atoms with Gasteiger partial charge in [-0.15, -0.1) is 35.3 Å². The Balaban J connectivity index is 0.00000288. The van der Waals surface area contributed by atoms with Gasteiger partial charge in [0.1, 0.15) is 5.75 Å². The van der Waals surface area contributed by atoms with Crippen molar-refractivity contribution in [2.24, 2.45) is 4.99 Å². The number of aliphatic imine (C=N–C) groups is 1. The molecule has 0 radical (unpaired) electrons. The van der Waals surface area contributed by atoms with Gasteiger partial charge in [0.15, 0.2) is 5.96 Å². The van der Waals surface area contributed by atoms with E-state index < -0.39 is 0 Å². The van der Waals surface area contributed by atoms with E-state index in [9.17, 15) is 0 Å². The zero-order chi connectivity index (χ0) is 16.5. The monoisotopic (exact) mass is 459 g/mol. The molecule has 0 aliphatic rings. The zero-order valence-electron chi connectivity index (χ0n) is 14.5. The molecule has 0 amide bonds. The van der Waals surface area contributed by atoms with Crippen LogP contribution >= 0.6 is 35.3 Å². The van der Waals surface area contributed by atoms with Crippen molar-refractivity contribution in [3.05, 3.63) is 51.7 Å². The normalized spacial score (nSPS) is 10.9. The van der Waals surface area contributed by atoms with Gasteiger partial charge < -0.3 is 15.4 Å². The fraction of sp³-hybridized carbons (Fsp3) is 0.389. The average Bonchev–Trinajstić information content (AvgIpc) is 3.07. The van der Waals surface area contributed by atoms with Gasteiger partial charge in [-0.3, -0.25) is 4.99 Å². The van der Waals surface area contributed by atoms with E-state index in [4.69, 9.17) is 4.74 Å². The smallest absolute Gasteiger partial charge is 0.190 e. The van der Waals surface area contributed by atoms with Crippen LogP contribution in [0.4, 0.5) is 0 Å².